The number of carbonyl (C=O) groups excluding carboxylic acids is 2. The number of hydrogen-bond donors (Lipinski definition) is 4. The van der Waals surface area contributed by atoms with Crippen LogP contribution in [-0.4, -0.2) is 97.5 Å². The van der Waals surface area contributed by atoms with Gasteiger partial charge in [-0.3, -0.25) is 9.59 Å². The first-order valence-corrected chi connectivity index (χ1v) is 25.5. The highest BCUT2D eigenvalue weighted by atomic mass is 28.4. The number of benzene rings is 4. The minimum atomic E-state index is -2.98. The molecule has 0 bridgehead atoms. The molecule has 4 aromatic rings. The lowest BCUT2D eigenvalue weighted by molar-refractivity contribution is 0.0682. The summed E-state index contributed by atoms with van der Waals surface area (Å²) in [5.74, 6) is -3.69. The van der Waals surface area contributed by atoms with E-state index in [1.807, 2.05) is 89.7 Å². The van der Waals surface area contributed by atoms with Gasteiger partial charge in [0, 0.05) is 52.2 Å². The molecule has 0 aliphatic heterocycles. The molecule has 0 saturated heterocycles. The normalized spacial score (nSPS) is 13.0. The Kier molecular flexibility index (Phi) is 16.3. The summed E-state index contributed by atoms with van der Waals surface area (Å²) in [7, 11) is -5.40. The van der Waals surface area contributed by atoms with Gasteiger partial charge in [-0.05, 0) is 118 Å². The lowest BCUT2D eigenvalue weighted by Gasteiger charge is -2.34. The molecule has 0 saturated carbocycles. The Morgan fingerprint density at radius 1 is 0.541 bits per heavy atom. The molecule has 1 aliphatic rings. The number of amides is 2. The van der Waals surface area contributed by atoms with Crippen molar-refractivity contribution in [2.75, 3.05) is 46.1 Å². The highest BCUT2D eigenvalue weighted by molar-refractivity contribution is 6.66. The van der Waals surface area contributed by atoms with E-state index in [9.17, 15) is 29.4 Å². The summed E-state index contributed by atoms with van der Waals surface area (Å²) in [6.07, 6.45) is 1.05. The zero-order valence-corrected chi connectivity index (χ0v) is 37.9. The largest absolute Gasteiger partial charge is 0.500 e. The topological polar surface area (TPSA) is 179 Å². The number of carboxylic acid groups (broad SMARTS) is 2. The number of carboxylic acids is 2. The molecular formula is C46H58N2O11Si2. The zero-order valence-electron chi connectivity index (χ0n) is 35.9. The van der Waals surface area contributed by atoms with Crippen molar-refractivity contribution < 1.29 is 51.5 Å². The van der Waals surface area contributed by atoms with E-state index in [-0.39, 0.29) is 28.8 Å². The van der Waals surface area contributed by atoms with Gasteiger partial charge in [0.25, 0.3) is 11.8 Å². The van der Waals surface area contributed by atoms with E-state index in [0.29, 0.717) is 75.6 Å². The molecule has 0 fully saturated rings. The predicted molar refractivity (Wildman–Crippen MR) is 237 cm³/mol. The maximum absolute atomic E-state index is 14.1. The summed E-state index contributed by atoms with van der Waals surface area (Å²) < 4.78 is 29.8. The molecule has 13 nitrogen and oxygen atoms in total. The van der Waals surface area contributed by atoms with Crippen molar-refractivity contribution in [3.05, 3.63) is 129 Å². The molecule has 1 aliphatic carbocycles. The molecule has 5 rings (SSSR count). The average molecular weight is 871 g/mol. The van der Waals surface area contributed by atoms with Crippen molar-refractivity contribution in [2.45, 2.75) is 71.5 Å². The van der Waals surface area contributed by atoms with E-state index in [2.05, 4.69) is 10.6 Å². The predicted octanol–water partition coefficient (Wildman–Crippen LogP) is 7.88. The highest BCUT2D eigenvalue weighted by Crippen LogP contribution is 2.56. The van der Waals surface area contributed by atoms with E-state index in [0.717, 1.165) is 22.3 Å². The lowest BCUT2D eigenvalue weighted by Crippen LogP contribution is -2.46. The average Bonchev–Trinajstić information content (AvgIpc) is 3.55. The van der Waals surface area contributed by atoms with E-state index < -0.39 is 46.5 Å². The smallest absolute Gasteiger partial charge is 0.478 e. The fraction of sp³-hybridized carbons (Fsp3) is 0.391. The lowest BCUT2D eigenvalue weighted by atomic mass is 9.67. The molecule has 4 aromatic carbocycles. The minimum absolute atomic E-state index is 0.00743. The van der Waals surface area contributed by atoms with Gasteiger partial charge in [-0.2, -0.15) is 0 Å². The zero-order chi connectivity index (χ0) is 44.2. The Morgan fingerprint density at radius 2 is 0.967 bits per heavy atom. The number of rotatable bonds is 24. The second-order valence-corrected chi connectivity index (χ2v) is 20.8. The molecule has 326 valence electrons. The van der Waals surface area contributed by atoms with Crippen LogP contribution in [0.25, 0.3) is 11.1 Å². The summed E-state index contributed by atoms with van der Waals surface area (Å²) in [6.45, 7) is 14.2. The third-order valence-corrected chi connectivity index (χ3v) is 17.1. The molecule has 61 heavy (non-hydrogen) atoms. The van der Waals surface area contributed by atoms with Crippen molar-refractivity contribution in [3.63, 3.8) is 0 Å². The Balaban J connectivity index is 1.56. The SMILES string of the molecule is CCO[Si](C)(CCCNC(=O)c1ccc(C2(c3ccc(C(=O)O)c(C(=O)NCCC[Si](OCC)(OCC)OCC)c3)c3ccccc3-c3ccccc32)cc1C(=O)O)OCC. The van der Waals surface area contributed by atoms with Gasteiger partial charge in [-0.15, -0.1) is 0 Å². The maximum Gasteiger partial charge on any atom is 0.500 e. The third kappa shape index (κ3) is 10.2. The molecule has 2 amide bonds. The second-order valence-electron chi connectivity index (χ2n) is 14.7. The molecule has 0 radical (unpaired) electrons. The number of nitrogens with one attached hydrogen (secondary N) is 2. The first kappa shape index (κ1) is 47.0. The van der Waals surface area contributed by atoms with Crippen LogP contribution in [0.5, 0.6) is 0 Å². The van der Waals surface area contributed by atoms with E-state index >= 15 is 0 Å². The fourth-order valence-corrected chi connectivity index (χ4v) is 13.5. The molecule has 0 spiro atoms. The van der Waals surface area contributed by atoms with Gasteiger partial charge < -0.3 is 43.0 Å². The van der Waals surface area contributed by atoms with Crippen LogP contribution in [0.3, 0.4) is 0 Å². The van der Waals surface area contributed by atoms with E-state index in [4.69, 9.17) is 22.1 Å². The first-order valence-electron chi connectivity index (χ1n) is 21.1. The maximum atomic E-state index is 14.1. The van der Waals surface area contributed by atoms with Crippen molar-refractivity contribution >= 4 is 41.1 Å². The quantitative estimate of drug-likeness (QED) is 0.0350. The Bertz CT molecular complexity index is 2130. The number of hydrogen-bond acceptors (Lipinski definition) is 9. The molecule has 4 N–H and O–H groups in total. The Hall–Kier alpha value is -5.01. The van der Waals surface area contributed by atoms with Gasteiger partial charge in [0.05, 0.1) is 27.7 Å². The van der Waals surface area contributed by atoms with Gasteiger partial charge in [-0.25, -0.2) is 9.59 Å². The number of aromatic carboxylic acids is 2. The summed E-state index contributed by atoms with van der Waals surface area (Å²) in [4.78, 5) is 53.4. The van der Waals surface area contributed by atoms with Crippen molar-refractivity contribution in [2.24, 2.45) is 0 Å². The second kappa shape index (κ2) is 21.2. The van der Waals surface area contributed by atoms with Crippen LogP contribution in [0.1, 0.15) is 111 Å². The fourth-order valence-electron chi connectivity index (χ4n) is 8.43. The summed E-state index contributed by atoms with van der Waals surface area (Å²) in [5.41, 5.74) is 2.78. The minimum Gasteiger partial charge on any atom is -0.478 e. The number of carbonyl (C=O) groups is 4. The van der Waals surface area contributed by atoms with Crippen molar-refractivity contribution in [1.29, 1.82) is 0 Å². The van der Waals surface area contributed by atoms with Crippen LogP contribution in [0.4, 0.5) is 0 Å². The highest BCUT2D eigenvalue weighted by Gasteiger charge is 2.47. The monoisotopic (exact) mass is 870 g/mol. The van der Waals surface area contributed by atoms with Gasteiger partial charge in [-0.1, -0.05) is 60.7 Å². The summed E-state index contributed by atoms with van der Waals surface area (Å²) in [6, 6.07) is 26.0. The van der Waals surface area contributed by atoms with Crippen LogP contribution in [0.2, 0.25) is 18.6 Å². The summed E-state index contributed by atoms with van der Waals surface area (Å²) >= 11 is 0. The molecule has 0 heterocycles. The van der Waals surface area contributed by atoms with E-state index in [1.165, 1.54) is 18.2 Å². The van der Waals surface area contributed by atoms with Crippen LogP contribution in [-0.2, 0) is 27.5 Å². The summed E-state index contributed by atoms with van der Waals surface area (Å²) in [5, 5.41) is 26.8. The van der Waals surface area contributed by atoms with E-state index in [1.54, 1.807) is 18.2 Å². The van der Waals surface area contributed by atoms with Gasteiger partial charge in [0.1, 0.15) is 0 Å². The van der Waals surface area contributed by atoms with Crippen LogP contribution >= 0.6 is 0 Å². The third-order valence-electron chi connectivity index (χ3n) is 10.8. The Morgan fingerprint density at radius 3 is 1.44 bits per heavy atom. The molecule has 0 unspecified atom stereocenters. The van der Waals surface area contributed by atoms with Crippen LogP contribution in [0.15, 0.2) is 84.9 Å². The van der Waals surface area contributed by atoms with Gasteiger partial charge in [0.15, 0.2) is 0 Å². The van der Waals surface area contributed by atoms with Crippen LogP contribution < -0.4 is 10.6 Å². The molecular weight excluding hydrogens is 813 g/mol. The molecule has 15 heteroatoms. The van der Waals surface area contributed by atoms with Gasteiger partial charge in [0.2, 0.25) is 0 Å². The first-order chi connectivity index (χ1) is 29.3. The van der Waals surface area contributed by atoms with Crippen molar-refractivity contribution in [1.82, 2.24) is 10.6 Å². The molecule has 0 aromatic heterocycles. The van der Waals surface area contributed by atoms with Crippen molar-refractivity contribution in [3.8, 4) is 11.1 Å². The van der Waals surface area contributed by atoms with Gasteiger partial charge >= 0.3 is 29.3 Å². The Labute approximate surface area is 360 Å². The number of fused-ring (bicyclic) bond motifs is 3. The molecule has 0 atom stereocenters. The standard InChI is InChI=1S/C46H58N2O11Si2/c1-7-55-60(6,56-8-2)28-16-26-47-42(49)36-24-22-33(31-39(36)45(53)54)46(40-20-14-12-18-34(40)35-19-13-15-21-41(35)46)32-23-25-37(44(51)52)38(30-32)43(50)48-27-17-29-61(57-9-3,58-10-4)59-11-5/h12-15,18-25,30-31H,7-11,16-17,26-29H2,1-6H3,(H,47,49)(H,48,50)(H,51,52)(H,53,54). The van der Waals surface area contributed by atoms with Crippen LogP contribution in [0, 0.1) is 0 Å².